The van der Waals surface area contributed by atoms with Crippen molar-refractivity contribution < 1.29 is 14.6 Å². The van der Waals surface area contributed by atoms with Crippen molar-refractivity contribution in [1.82, 2.24) is 10.4 Å². The van der Waals surface area contributed by atoms with E-state index in [1.165, 1.54) is 0 Å². The van der Waals surface area contributed by atoms with E-state index in [-0.39, 0.29) is 18.1 Å². The maximum absolute atomic E-state index is 11.7. The normalized spacial score (nSPS) is 16.7. The van der Waals surface area contributed by atoms with Gasteiger partial charge in [0, 0.05) is 18.7 Å². The molecule has 17 heavy (non-hydrogen) atoms. The molecule has 0 radical (unpaired) electrons. The molecule has 1 aromatic rings. The first kappa shape index (κ1) is 11.9. The average Bonchev–Trinajstić information content (AvgIpc) is 2.33. The molecule has 0 aromatic heterocycles. The van der Waals surface area contributed by atoms with Crippen LogP contribution in [-0.4, -0.2) is 42.3 Å². The molecule has 1 aliphatic heterocycles. The van der Waals surface area contributed by atoms with Gasteiger partial charge in [-0.2, -0.15) is 0 Å². The highest BCUT2D eigenvalue weighted by Crippen LogP contribution is 2.15. The summed E-state index contributed by atoms with van der Waals surface area (Å²) in [6.07, 6.45) is 0.185. The fourth-order valence-corrected chi connectivity index (χ4v) is 1.72. The number of hydrogen-bond acceptors (Lipinski definition) is 4. The number of nitrogens with one attached hydrogen (secondary N) is 1. The number of phenols is 1. The largest absolute Gasteiger partial charge is 0.508 e. The molecule has 0 unspecified atom stereocenters. The second kappa shape index (κ2) is 5.65. The van der Waals surface area contributed by atoms with E-state index in [0.717, 1.165) is 0 Å². The molecule has 1 fully saturated rings. The lowest BCUT2D eigenvalue weighted by Gasteiger charge is -2.26. The topological polar surface area (TPSA) is 61.8 Å². The molecule has 5 nitrogen and oxygen atoms in total. The predicted molar refractivity (Wildman–Crippen MR) is 62.3 cm³/mol. The zero-order valence-electron chi connectivity index (χ0n) is 9.56. The highest BCUT2D eigenvalue weighted by molar-refractivity contribution is 5.78. The monoisotopic (exact) mass is 236 g/mol. The third kappa shape index (κ3) is 3.44. The van der Waals surface area contributed by atoms with Crippen LogP contribution in [0.15, 0.2) is 24.3 Å². The van der Waals surface area contributed by atoms with Crippen molar-refractivity contribution in [3.8, 4) is 5.75 Å². The number of nitrogens with zero attached hydrogens (tertiary/aromatic N) is 1. The summed E-state index contributed by atoms with van der Waals surface area (Å²) in [5, 5.41) is 11.4. The second-order valence-electron chi connectivity index (χ2n) is 3.94. The van der Waals surface area contributed by atoms with Crippen molar-refractivity contribution in [1.29, 1.82) is 0 Å². The minimum absolute atomic E-state index is 0.117. The molecule has 0 aliphatic carbocycles. The van der Waals surface area contributed by atoms with Gasteiger partial charge in [0.15, 0.2) is 0 Å². The van der Waals surface area contributed by atoms with E-state index in [1.807, 2.05) is 5.01 Å². The van der Waals surface area contributed by atoms with E-state index in [1.54, 1.807) is 24.3 Å². The van der Waals surface area contributed by atoms with Crippen LogP contribution >= 0.6 is 0 Å². The number of amides is 1. The first-order valence-electron chi connectivity index (χ1n) is 5.65. The quantitative estimate of drug-likeness (QED) is 0.792. The zero-order chi connectivity index (χ0) is 12.1. The smallest absolute Gasteiger partial charge is 0.238 e. The van der Waals surface area contributed by atoms with Gasteiger partial charge in [-0.1, -0.05) is 18.2 Å². The molecule has 92 valence electrons. The fraction of sp³-hybridized carbons (Fsp3) is 0.417. The SMILES string of the molecule is O=C(Cc1ccccc1O)NN1CCOCC1. The van der Waals surface area contributed by atoms with Gasteiger partial charge < -0.3 is 9.84 Å². The lowest BCUT2D eigenvalue weighted by molar-refractivity contribution is -0.127. The van der Waals surface area contributed by atoms with Crippen LogP contribution in [0.5, 0.6) is 5.75 Å². The van der Waals surface area contributed by atoms with Crippen LogP contribution in [0.3, 0.4) is 0 Å². The molecule has 5 heteroatoms. The molecule has 2 rings (SSSR count). The van der Waals surface area contributed by atoms with E-state index in [2.05, 4.69) is 5.43 Å². The molecule has 1 heterocycles. The molecule has 2 N–H and O–H groups in total. The molecular weight excluding hydrogens is 220 g/mol. The Morgan fingerprint density at radius 3 is 2.76 bits per heavy atom. The zero-order valence-corrected chi connectivity index (χ0v) is 9.56. The molecule has 0 spiro atoms. The van der Waals surface area contributed by atoms with E-state index < -0.39 is 0 Å². The van der Waals surface area contributed by atoms with E-state index in [0.29, 0.717) is 31.9 Å². The summed E-state index contributed by atoms with van der Waals surface area (Å²) in [7, 11) is 0. The van der Waals surface area contributed by atoms with Gasteiger partial charge >= 0.3 is 0 Å². The van der Waals surface area contributed by atoms with Gasteiger partial charge in [-0.3, -0.25) is 10.2 Å². The molecule has 1 aliphatic rings. The van der Waals surface area contributed by atoms with E-state index >= 15 is 0 Å². The summed E-state index contributed by atoms with van der Waals surface area (Å²) in [6.45, 7) is 2.67. The molecule has 0 bridgehead atoms. The van der Waals surface area contributed by atoms with Gasteiger partial charge in [0.1, 0.15) is 5.75 Å². The average molecular weight is 236 g/mol. The maximum Gasteiger partial charge on any atom is 0.238 e. The summed E-state index contributed by atoms with van der Waals surface area (Å²) in [5.41, 5.74) is 3.44. The van der Waals surface area contributed by atoms with Crippen molar-refractivity contribution >= 4 is 5.91 Å². The van der Waals surface area contributed by atoms with Gasteiger partial charge in [0.2, 0.25) is 5.91 Å². The van der Waals surface area contributed by atoms with Crippen molar-refractivity contribution in [2.24, 2.45) is 0 Å². The first-order chi connectivity index (χ1) is 8.25. The van der Waals surface area contributed by atoms with Crippen LogP contribution in [-0.2, 0) is 16.0 Å². The number of carbonyl (C=O) groups excluding carboxylic acids is 1. The number of hydrazine groups is 1. The van der Waals surface area contributed by atoms with Crippen LogP contribution in [0.2, 0.25) is 0 Å². The number of phenolic OH excluding ortho intramolecular Hbond substituents is 1. The Balaban J connectivity index is 1.86. The number of hydrogen-bond donors (Lipinski definition) is 2. The number of morpholine rings is 1. The van der Waals surface area contributed by atoms with Crippen LogP contribution in [0.1, 0.15) is 5.56 Å². The Kier molecular flexibility index (Phi) is 3.95. The predicted octanol–water partition coefficient (Wildman–Crippen LogP) is 0.298. The number of para-hydroxylation sites is 1. The Bertz CT molecular complexity index is 389. The van der Waals surface area contributed by atoms with Gasteiger partial charge in [-0.05, 0) is 6.07 Å². The molecule has 1 amide bonds. The lowest BCUT2D eigenvalue weighted by atomic mass is 10.1. The number of aromatic hydroxyl groups is 1. The maximum atomic E-state index is 11.7. The lowest BCUT2D eigenvalue weighted by Crippen LogP contribution is -2.48. The third-order valence-corrected chi connectivity index (χ3v) is 2.64. The van der Waals surface area contributed by atoms with Crippen LogP contribution in [0.4, 0.5) is 0 Å². The van der Waals surface area contributed by atoms with Gasteiger partial charge in [-0.15, -0.1) is 0 Å². The molecule has 0 saturated carbocycles. The summed E-state index contributed by atoms with van der Waals surface area (Å²) >= 11 is 0. The molecular formula is C12H16N2O3. The van der Waals surface area contributed by atoms with Crippen molar-refractivity contribution in [3.05, 3.63) is 29.8 Å². The number of benzene rings is 1. The second-order valence-corrected chi connectivity index (χ2v) is 3.94. The first-order valence-corrected chi connectivity index (χ1v) is 5.65. The molecule has 0 atom stereocenters. The molecule has 1 saturated heterocycles. The standard InChI is InChI=1S/C12H16N2O3/c15-11-4-2-1-3-10(11)9-12(16)13-14-5-7-17-8-6-14/h1-4,15H,5-9H2,(H,13,16). The fourth-order valence-electron chi connectivity index (χ4n) is 1.72. The summed E-state index contributed by atoms with van der Waals surface area (Å²) < 4.78 is 5.19. The summed E-state index contributed by atoms with van der Waals surface area (Å²) in [4.78, 5) is 11.7. The van der Waals surface area contributed by atoms with Crippen molar-refractivity contribution in [3.63, 3.8) is 0 Å². The Morgan fingerprint density at radius 2 is 2.06 bits per heavy atom. The van der Waals surface area contributed by atoms with Crippen LogP contribution in [0, 0.1) is 0 Å². The Hall–Kier alpha value is -1.59. The van der Waals surface area contributed by atoms with Crippen molar-refractivity contribution in [2.75, 3.05) is 26.3 Å². The Labute approximate surface area is 100.0 Å². The number of carbonyl (C=O) groups is 1. The number of ether oxygens (including phenoxy) is 1. The molecule has 1 aromatic carbocycles. The van der Waals surface area contributed by atoms with Crippen LogP contribution in [0.25, 0.3) is 0 Å². The van der Waals surface area contributed by atoms with Gasteiger partial charge in [0.25, 0.3) is 0 Å². The minimum atomic E-state index is -0.117. The highest BCUT2D eigenvalue weighted by atomic mass is 16.5. The van der Waals surface area contributed by atoms with Crippen molar-refractivity contribution in [2.45, 2.75) is 6.42 Å². The summed E-state index contributed by atoms with van der Waals surface area (Å²) in [6, 6.07) is 6.86. The van der Waals surface area contributed by atoms with E-state index in [9.17, 15) is 9.90 Å². The van der Waals surface area contributed by atoms with Gasteiger partial charge in [0.05, 0.1) is 19.6 Å². The third-order valence-electron chi connectivity index (χ3n) is 2.64. The minimum Gasteiger partial charge on any atom is -0.508 e. The number of rotatable bonds is 3. The Morgan fingerprint density at radius 1 is 1.35 bits per heavy atom. The van der Waals surface area contributed by atoms with E-state index in [4.69, 9.17) is 4.74 Å². The van der Waals surface area contributed by atoms with Crippen LogP contribution < -0.4 is 5.43 Å². The van der Waals surface area contributed by atoms with Gasteiger partial charge in [-0.25, -0.2) is 5.01 Å². The summed E-state index contributed by atoms with van der Waals surface area (Å²) in [5.74, 6) is 0.0398. The highest BCUT2D eigenvalue weighted by Gasteiger charge is 2.14.